The standard InChI is InChI=1S/C64H44N2S/c1-63(2)52-28-14-12-25-47(52)48-35-33-44(39-54(48)63)65(58-31-18-27-50-49-26-13-17-32-59(49)67-62(50)58)45-34-36-51-55(40-45)64(42-21-8-4-9-22-42)53-29-15-16-30-56(53)66(43-23-10-5-11-24-43)57-38-37-46(60(51)61(57)64)41-19-6-3-7-20-41/h3-40H,1-2H3. The number of thiophene rings is 1. The largest absolute Gasteiger partial charge is 0.310 e. The summed E-state index contributed by atoms with van der Waals surface area (Å²) in [7, 11) is 0. The zero-order valence-corrected chi connectivity index (χ0v) is 38.1. The van der Waals surface area contributed by atoms with Gasteiger partial charge in [-0.05, 0) is 122 Å². The molecular weight excluding hydrogens is 829 g/mol. The number of anilines is 6. The first kappa shape index (κ1) is 38.3. The van der Waals surface area contributed by atoms with E-state index < -0.39 is 5.41 Å². The molecule has 0 bridgehead atoms. The van der Waals surface area contributed by atoms with E-state index in [2.05, 4.69) is 254 Å². The van der Waals surface area contributed by atoms with E-state index >= 15 is 0 Å². The van der Waals surface area contributed by atoms with Gasteiger partial charge in [-0.25, -0.2) is 0 Å². The van der Waals surface area contributed by atoms with Crippen LogP contribution in [0.15, 0.2) is 231 Å². The van der Waals surface area contributed by atoms with Crippen molar-refractivity contribution in [2.75, 3.05) is 9.80 Å². The molecule has 2 heterocycles. The van der Waals surface area contributed by atoms with Crippen LogP contribution in [0.2, 0.25) is 0 Å². The summed E-state index contributed by atoms with van der Waals surface area (Å²) in [6.07, 6.45) is 0. The third kappa shape index (κ3) is 5.26. The zero-order chi connectivity index (χ0) is 44.4. The monoisotopic (exact) mass is 872 g/mol. The first-order chi connectivity index (χ1) is 33.0. The molecule has 11 aromatic rings. The molecule has 0 radical (unpaired) electrons. The second kappa shape index (κ2) is 14.3. The number of hydrogen-bond acceptors (Lipinski definition) is 3. The van der Waals surface area contributed by atoms with Crippen molar-refractivity contribution >= 4 is 65.6 Å². The summed E-state index contributed by atoms with van der Waals surface area (Å²) < 4.78 is 2.58. The van der Waals surface area contributed by atoms with Gasteiger partial charge in [-0.3, -0.25) is 0 Å². The Kier molecular flexibility index (Phi) is 8.15. The summed E-state index contributed by atoms with van der Waals surface area (Å²) in [5.74, 6) is 0. The smallest absolute Gasteiger partial charge is 0.0755 e. The molecule has 10 aromatic carbocycles. The molecule has 316 valence electrons. The third-order valence-corrected chi connectivity index (χ3v) is 16.2. The maximum absolute atomic E-state index is 2.56. The molecule has 1 atom stereocenters. The molecule has 3 heteroatoms. The average molecular weight is 873 g/mol. The summed E-state index contributed by atoms with van der Waals surface area (Å²) in [6, 6.07) is 86.4. The van der Waals surface area contributed by atoms with Crippen LogP contribution in [0.3, 0.4) is 0 Å². The quantitative estimate of drug-likeness (QED) is 0.164. The molecule has 3 aliphatic rings. The van der Waals surface area contributed by atoms with Gasteiger partial charge in [0.05, 0.1) is 27.2 Å². The van der Waals surface area contributed by atoms with Crippen LogP contribution in [0, 0.1) is 0 Å². The van der Waals surface area contributed by atoms with Gasteiger partial charge in [-0.1, -0.05) is 184 Å². The van der Waals surface area contributed by atoms with Crippen LogP contribution in [0.4, 0.5) is 34.1 Å². The van der Waals surface area contributed by atoms with E-state index in [1.165, 1.54) is 104 Å². The van der Waals surface area contributed by atoms with Crippen molar-refractivity contribution in [3.05, 3.63) is 264 Å². The average Bonchev–Trinajstić information content (AvgIpc) is 4.00. The SMILES string of the molecule is CC1(C)c2ccccc2-c2ccc(N(c3ccc4c(c3)C3(c5ccccc5)c5ccccc5N(c5ccccc5)c5ccc(-c6ccccc6)c-4c53)c3cccc4c3sc3ccccc34)cc21. The number of hydrogen-bond donors (Lipinski definition) is 0. The summed E-state index contributed by atoms with van der Waals surface area (Å²) >= 11 is 1.89. The lowest BCUT2D eigenvalue weighted by Crippen LogP contribution is -2.36. The molecule has 2 nitrogen and oxygen atoms in total. The first-order valence-corrected chi connectivity index (χ1v) is 24.2. The highest BCUT2D eigenvalue weighted by molar-refractivity contribution is 7.26. The molecule has 0 saturated heterocycles. The molecule has 0 N–H and O–H groups in total. The van der Waals surface area contributed by atoms with Crippen LogP contribution < -0.4 is 9.80 Å². The van der Waals surface area contributed by atoms with Gasteiger partial charge in [0.25, 0.3) is 0 Å². The summed E-state index contributed by atoms with van der Waals surface area (Å²) in [4.78, 5) is 5.05. The predicted octanol–water partition coefficient (Wildman–Crippen LogP) is 17.6. The Morgan fingerprint density at radius 1 is 0.433 bits per heavy atom. The lowest BCUT2D eigenvalue weighted by molar-refractivity contribution is 0.660. The van der Waals surface area contributed by atoms with Crippen molar-refractivity contribution in [3.63, 3.8) is 0 Å². The van der Waals surface area contributed by atoms with Crippen molar-refractivity contribution in [3.8, 4) is 33.4 Å². The normalized spacial score (nSPS) is 15.8. The number of fused-ring (bicyclic) bond motifs is 11. The molecule has 1 aliphatic heterocycles. The van der Waals surface area contributed by atoms with Crippen LogP contribution in [0.25, 0.3) is 53.6 Å². The maximum Gasteiger partial charge on any atom is 0.0755 e. The van der Waals surface area contributed by atoms with E-state index in [-0.39, 0.29) is 5.41 Å². The highest BCUT2D eigenvalue weighted by atomic mass is 32.1. The summed E-state index contributed by atoms with van der Waals surface area (Å²) in [5, 5.41) is 2.58. The molecule has 1 unspecified atom stereocenters. The molecule has 67 heavy (non-hydrogen) atoms. The van der Waals surface area contributed by atoms with Crippen LogP contribution >= 0.6 is 11.3 Å². The highest BCUT2D eigenvalue weighted by Gasteiger charge is 2.53. The van der Waals surface area contributed by atoms with Crippen molar-refractivity contribution in [1.82, 2.24) is 0 Å². The van der Waals surface area contributed by atoms with Gasteiger partial charge in [-0.15, -0.1) is 11.3 Å². The number of para-hydroxylation sites is 2. The fourth-order valence-corrected chi connectivity index (χ4v) is 13.4. The van der Waals surface area contributed by atoms with Crippen molar-refractivity contribution in [2.24, 2.45) is 0 Å². The minimum Gasteiger partial charge on any atom is -0.310 e. The van der Waals surface area contributed by atoms with Crippen molar-refractivity contribution < 1.29 is 0 Å². The maximum atomic E-state index is 2.56. The molecule has 0 amide bonds. The Hall–Kier alpha value is -7.98. The van der Waals surface area contributed by atoms with Gasteiger partial charge < -0.3 is 9.80 Å². The van der Waals surface area contributed by atoms with Crippen LogP contribution in [-0.2, 0) is 10.8 Å². The van der Waals surface area contributed by atoms with Gasteiger partial charge >= 0.3 is 0 Å². The Bertz CT molecular complexity index is 3790. The third-order valence-electron chi connectivity index (χ3n) is 15.0. The Balaban J connectivity index is 1.09. The van der Waals surface area contributed by atoms with Gasteiger partial charge in [0, 0.05) is 43.5 Å². The first-order valence-electron chi connectivity index (χ1n) is 23.3. The van der Waals surface area contributed by atoms with Crippen molar-refractivity contribution in [1.29, 1.82) is 0 Å². The number of rotatable bonds is 6. The second-order valence-electron chi connectivity index (χ2n) is 18.8. The van der Waals surface area contributed by atoms with E-state index in [1.807, 2.05) is 11.3 Å². The molecule has 14 rings (SSSR count). The fourth-order valence-electron chi connectivity index (χ4n) is 12.2. The minimum absolute atomic E-state index is 0.158. The summed E-state index contributed by atoms with van der Waals surface area (Å²) in [5.41, 5.74) is 21.7. The lowest BCUT2D eigenvalue weighted by Gasteiger charge is -2.45. The molecule has 2 aliphatic carbocycles. The van der Waals surface area contributed by atoms with E-state index in [9.17, 15) is 0 Å². The van der Waals surface area contributed by atoms with Gasteiger partial charge in [0.15, 0.2) is 0 Å². The van der Waals surface area contributed by atoms with Crippen molar-refractivity contribution in [2.45, 2.75) is 24.7 Å². The van der Waals surface area contributed by atoms with Crippen LogP contribution in [0.1, 0.15) is 47.2 Å². The highest BCUT2D eigenvalue weighted by Crippen LogP contribution is 2.67. The molecule has 0 saturated carbocycles. The fraction of sp³-hybridized carbons (Fsp3) is 0.0625. The lowest BCUT2D eigenvalue weighted by atomic mass is 9.64. The predicted molar refractivity (Wildman–Crippen MR) is 283 cm³/mol. The van der Waals surface area contributed by atoms with Gasteiger partial charge in [0.2, 0.25) is 0 Å². The van der Waals surface area contributed by atoms with E-state index in [1.54, 1.807) is 0 Å². The molecule has 0 fully saturated rings. The van der Waals surface area contributed by atoms with Crippen LogP contribution in [0.5, 0.6) is 0 Å². The van der Waals surface area contributed by atoms with E-state index in [0.717, 1.165) is 17.1 Å². The topological polar surface area (TPSA) is 6.48 Å². The van der Waals surface area contributed by atoms with Gasteiger partial charge in [0.1, 0.15) is 0 Å². The van der Waals surface area contributed by atoms with E-state index in [4.69, 9.17) is 0 Å². The second-order valence-corrected chi connectivity index (χ2v) is 19.8. The molecule has 1 aromatic heterocycles. The molecule has 0 spiro atoms. The molecular formula is C64H44N2S. The summed E-state index contributed by atoms with van der Waals surface area (Å²) in [6.45, 7) is 4.77. The van der Waals surface area contributed by atoms with Gasteiger partial charge in [-0.2, -0.15) is 0 Å². The number of benzene rings is 10. The van der Waals surface area contributed by atoms with Crippen LogP contribution in [-0.4, -0.2) is 0 Å². The Morgan fingerprint density at radius 3 is 1.85 bits per heavy atom. The Morgan fingerprint density at radius 2 is 1.04 bits per heavy atom. The number of nitrogens with zero attached hydrogens (tertiary/aromatic N) is 2. The Labute approximate surface area is 395 Å². The zero-order valence-electron chi connectivity index (χ0n) is 37.2. The minimum atomic E-state index is -0.638. The van der Waals surface area contributed by atoms with E-state index in [0.29, 0.717) is 0 Å².